The Morgan fingerprint density at radius 2 is 2.00 bits per heavy atom. The summed E-state index contributed by atoms with van der Waals surface area (Å²) in [7, 11) is 0. The van der Waals surface area contributed by atoms with Crippen molar-refractivity contribution in [1.82, 2.24) is 20.4 Å². The third kappa shape index (κ3) is 4.48. The van der Waals surface area contributed by atoms with Crippen molar-refractivity contribution in [3.63, 3.8) is 0 Å². The molecule has 0 aliphatic carbocycles. The zero-order valence-corrected chi connectivity index (χ0v) is 17.3. The first-order chi connectivity index (χ1) is 14.5. The number of hydrogen-bond acceptors (Lipinski definition) is 5. The predicted octanol–water partition coefficient (Wildman–Crippen LogP) is 3.34. The number of hydrogen-bond donors (Lipinski definition) is 1. The molecule has 1 saturated heterocycles. The van der Waals surface area contributed by atoms with Gasteiger partial charge >= 0.3 is 6.03 Å². The number of anilines is 1. The number of amides is 3. The van der Waals surface area contributed by atoms with Gasteiger partial charge in [0.2, 0.25) is 0 Å². The Labute approximate surface area is 179 Å². The normalized spacial score (nSPS) is 13.7. The molecule has 1 aliphatic heterocycles. The summed E-state index contributed by atoms with van der Waals surface area (Å²) in [5.74, 6) is 0.275. The SMILES string of the molecule is O=C(NCc1cc(Br)no1)c1ccnc(N2CCN(Cc3ccc(F)cc3)C2=O)c1. The van der Waals surface area contributed by atoms with Crippen molar-refractivity contribution in [2.45, 2.75) is 13.1 Å². The van der Waals surface area contributed by atoms with Crippen LogP contribution in [-0.4, -0.2) is 40.1 Å². The van der Waals surface area contributed by atoms with Crippen LogP contribution < -0.4 is 10.2 Å². The van der Waals surface area contributed by atoms with Crippen LogP contribution in [0.5, 0.6) is 0 Å². The molecule has 30 heavy (non-hydrogen) atoms. The largest absolute Gasteiger partial charge is 0.358 e. The molecule has 1 fully saturated rings. The molecular formula is C20H17BrFN5O3. The molecule has 1 aromatic carbocycles. The highest BCUT2D eigenvalue weighted by Gasteiger charge is 2.30. The highest BCUT2D eigenvalue weighted by molar-refractivity contribution is 9.10. The van der Waals surface area contributed by atoms with Gasteiger partial charge in [-0.2, -0.15) is 0 Å². The molecule has 0 unspecified atom stereocenters. The van der Waals surface area contributed by atoms with Crippen LogP contribution in [0.2, 0.25) is 0 Å². The van der Waals surface area contributed by atoms with Crippen molar-refractivity contribution in [2.24, 2.45) is 0 Å². The summed E-state index contributed by atoms with van der Waals surface area (Å²) in [5.41, 5.74) is 1.22. The van der Waals surface area contributed by atoms with E-state index in [1.54, 1.807) is 35.2 Å². The van der Waals surface area contributed by atoms with E-state index in [4.69, 9.17) is 4.52 Å². The lowest BCUT2D eigenvalue weighted by molar-refractivity contribution is 0.0947. The minimum Gasteiger partial charge on any atom is -0.358 e. The average molecular weight is 474 g/mol. The number of nitrogens with one attached hydrogen (secondary N) is 1. The molecular weight excluding hydrogens is 457 g/mol. The molecule has 2 aromatic heterocycles. The van der Waals surface area contributed by atoms with Gasteiger partial charge < -0.3 is 14.7 Å². The topological polar surface area (TPSA) is 91.6 Å². The van der Waals surface area contributed by atoms with Gasteiger partial charge in [0.15, 0.2) is 5.76 Å². The fourth-order valence-electron chi connectivity index (χ4n) is 3.10. The molecule has 3 aromatic rings. The van der Waals surface area contributed by atoms with Crippen molar-refractivity contribution in [3.8, 4) is 0 Å². The molecule has 3 heterocycles. The van der Waals surface area contributed by atoms with Crippen LogP contribution in [0.1, 0.15) is 21.7 Å². The Kier molecular flexibility index (Phi) is 5.75. The van der Waals surface area contributed by atoms with Gasteiger partial charge in [-0.25, -0.2) is 14.2 Å². The summed E-state index contributed by atoms with van der Waals surface area (Å²) < 4.78 is 18.7. The summed E-state index contributed by atoms with van der Waals surface area (Å²) in [6.07, 6.45) is 1.49. The maximum atomic E-state index is 13.1. The number of carbonyl (C=O) groups excluding carboxylic acids is 2. The van der Waals surface area contributed by atoms with Gasteiger partial charge in [0.25, 0.3) is 5.91 Å². The van der Waals surface area contributed by atoms with E-state index in [-0.39, 0.29) is 24.3 Å². The summed E-state index contributed by atoms with van der Waals surface area (Å²) >= 11 is 3.18. The second kappa shape index (κ2) is 8.62. The first-order valence-corrected chi connectivity index (χ1v) is 9.95. The Morgan fingerprint density at radius 3 is 2.73 bits per heavy atom. The molecule has 10 heteroatoms. The Bertz CT molecular complexity index is 1070. The first kappa shape index (κ1) is 20.0. The van der Waals surface area contributed by atoms with E-state index in [1.807, 2.05) is 0 Å². The number of aromatic nitrogens is 2. The molecule has 3 amide bonds. The number of pyridine rings is 1. The number of halogens is 2. The maximum absolute atomic E-state index is 13.1. The Hall–Kier alpha value is -3.27. The average Bonchev–Trinajstić information content (AvgIpc) is 3.33. The molecule has 1 N–H and O–H groups in total. The standard InChI is InChI=1S/C20H17BrFN5O3/c21-17-10-16(30-25-17)11-24-19(28)14-5-6-23-18(9-14)27-8-7-26(20(27)29)12-13-1-3-15(22)4-2-13/h1-6,9-10H,7-8,11-12H2,(H,24,28). The van der Waals surface area contributed by atoms with E-state index >= 15 is 0 Å². The molecule has 0 spiro atoms. The van der Waals surface area contributed by atoms with Crippen LogP contribution >= 0.6 is 15.9 Å². The van der Waals surface area contributed by atoms with Crippen molar-refractivity contribution in [3.05, 3.63) is 76.0 Å². The van der Waals surface area contributed by atoms with E-state index < -0.39 is 0 Å². The lowest BCUT2D eigenvalue weighted by Crippen LogP contribution is -2.32. The minimum atomic E-state index is -0.319. The highest BCUT2D eigenvalue weighted by atomic mass is 79.9. The molecule has 0 saturated carbocycles. The van der Waals surface area contributed by atoms with Crippen LogP contribution in [0.4, 0.5) is 15.0 Å². The lowest BCUT2D eigenvalue weighted by atomic mass is 10.2. The highest BCUT2D eigenvalue weighted by Crippen LogP contribution is 2.21. The Balaban J connectivity index is 1.41. The van der Waals surface area contributed by atoms with E-state index in [0.29, 0.717) is 41.4 Å². The zero-order chi connectivity index (χ0) is 21.1. The third-order valence-corrected chi connectivity index (χ3v) is 4.99. The number of urea groups is 1. The smallest absolute Gasteiger partial charge is 0.326 e. The molecule has 8 nitrogen and oxygen atoms in total. The fourth-order valence-corrected chi connectivity index (χ4v) is 3.43. The Morgan fingerprint density at radius 1 is 1.20 bits per heavy atom. The van der Waals surface area contributed by atoms with Gasteiger partial charge in [0.1, 0.15) is 16.2 Å². The summed E-state index contributed by atoms with van der Waals surface area (Å²) in [4.78, 5) is 32.7. The number of benzene rings is 1. The summed E-state index contributed by atoms with van der Waals surface area (Å²) in [6.45, 7) is 1.52. The second-order valence-corrected chi connectivity index (χ2v) is 7.50. The van der Waals surface area contributed by atoms with E-state index in [9.17, 15) is 14.0 Å². The number of nitrogens with zero attached hydrogens (tertiary/aromatic N) is 4. The predicted molar refractivity (Wildman–Crippen MR) is 109 cm³/mol. The second-order valence-electron chi connectivity index (χ2n) is 6.68. The lowest BCUT2D eigenvalue weighted by Gasteiger charge is -2.18. The molecule has 0 bridgehead atoms. The molecule has 4 rings (SSSR count). The van der Waals surface area contributed by atoms with Crippen molar-refractivity contribution in [1.29, 1.82) is 0 Å². The van der Waals surface area contributed by atoms with Gasteiger partial charge in [-0.3, -0.25) is 9.69 Å². The zero-order valence-electron chi connectivity index (χ0n) is 15.7. The third-order valence-electron chi connectivity index (χ3n) is 4.62. The number of carbonyl (C=O) groups is 2. The van der Waals surface area contributed by atoms with Crippen LogP contribution in [0.15, 0.2) is 57.8 Å². The summed E-state index contributed by atoms with van der Waals surface area (Å²) in [6, 6.07) is 10.6. The summed E-state index contributed by atoms with van der Waals surface area (Å²) in [5, 5.41) is 6.43. The van der Waals surface area contributed by atoms with Crippen LogP contribution in [0.25, 0.3) is 0 Å². The monoisotopic (exact) mass is 473 g/mol. The van der Waals surface area contributed by atoms with Gasteiger partial charge in [-0.05, 0) is 45.8 Å². The molecule has 0 atom stereocenters. The van der Waals surface area contributed by atoms with Crippen molar-refractivity contribution >= 4 is 33.7 Å². The van der Waals surface area contributed by atoms with E-state index in [1.165, 1.54) is 23.2 Å². The van der Waals surface area contributed by atoms with Gasteiger partial charge in [-0.1, -0.05) is 17.3 Å². The fraction of sp³-hybridized carbons (Fsp3) is 0.200. The van der Waals surface area contributed by atoms with Crippen molar-refractivity contribution in [2.75, 3.05) is 18.0 Å². The maximum Gasteiger partial charge on any atom is 0.326 e. The molecule has 1 aliphatic rings. The van der Waals surface area contributed by atoms with Crippen molar-refractivity contribution < 1.29 is 18.5 Å². The minimum absolute atomic E-state index is 0.184. The van der Waals surface area contributed by atoms with E-state index in [0.717, 1.165) is 5.56 Å². The van der Waals surface area contributed by atoms with E-state index in [2.05, 4.69) is 31.4 Å². The molecule has 0 radical (unpaired) electrons. The first-order valence-electron chi connectivity index (χ1n) is 9.16. The number of rotatable bonds is 6. The molecule has 154 valence electrons. The van der Waals surface area contributed by atoms with Crippen LogP contribution in [-0.2, 0) is 13.1 Å². The van der Waals surface area contributed by atoms with Gasteiger partial charge in [0.05, 0.1) is 6.54 Å². The van der Waals surface area contributed by atoms with Gasteiger partial charge in [-0.15, -0.1) is 0 Å². The van der Waals surface area contributed by atoms with Crippen LogP contribution in [0, 0.1) is 5.82 Å². The quantitative estimate of drug-likeness (QED) is 0.592. The van der Waals surface area contributed by atoms with Crippen LogP contribution in [0.3, 0.4) is 0 Å². The van der Waals surface area contributed by atoms with Gasteiger partial charge in [0, 0.05) is 37.5 Å².